The number of para-hydroxylation sites is 1. The first-order chi connectivity index (χ1) is 14.7. The molecule has 0 saturated carbocycles. The SMILES string of the molecule is COc1ccccc1Cc1nc(-c2nnn3c2CO[C@@H](c2ccc(C)cc2)C3)no1. The summed E-state index contributed by atoms with van der Waals surface area (Å²) in [5, 5.41) is 12.7. The summed E-state index contributed by atoms with van der Waals surface area (Å²) in [7, 11) is 1.64. The van der Waals surface area contributed by atoms with E-state index in [0.29, 0.717) is 37.0 Å². The average Bonchev–Trinajstić information content (AvgIpc) is 3.41. The number of benzene rings is 2. The lowest BCUT2D eigenvalue weighted by molar-refractivity contribution is -0.00112. The molecule has 0 aliphatic carbocycles. The van der Waals surface area contributed by atoms with Crippen LogP contribution < -0.4 is 4.74 Å². The van der Waals surface area contributed by atoms with Gasteiger partial charge in [-0.15, -0.1) is 5.10 Å². The summed E-state index contributed by atoms with van der Waals surface area (Å²) in [6.07, 6.45) is 0.422. The minimum absolute atomic E-state index is 0.0565. The van der Waals surface area contributed by atoms with E-state index in [1.165, 1.54) is 5.56 Å². The van der Waals surface area contributed by atoms with E-state index in [1.54, 1.807) is 7.11 Å². The highest BCUT2D eigenvalue weighted by Gasteiger charge is 2.27. The summed E-state index contributed by atoms with van der Waals surface area (Å²) in [5.74, 6) is 1.69. The molecule has 30 heavy (non-hydrogen) atoms. The van der Waals surface area contributed by atoms with Gasteiger partial charge in [0.05, 0.1) is 32.4 Å². The molecule has 0 spiro atoms. The van der Waals surface area contributed by atoms with E-state index in [1.807, 2.05) is 28.9 Å². The molecule has 8 nitrogen and oxygen atoms in total. The van der Waals surface area contributed by atoms with Gasteiger partial charge in [0, 0.05) is 5.56 Å². The number of ether oxygens (including phenoxy) is 2. The number of aryl methyl sites for hydroxylation is 1. The Balaban J connectivity index is 1.36. The van der Waals surface area contributed by atoms with Crippen LogP contribution in [0.4, 0.5) is 0 Å². The Morgan fingerprint density at radius 3 is 2.80 bits per heavy atom. The van der Waals surface area contributed by atoms with Crippen LogP contribution in [0, 0.1) is 6.92 Å². The zero-order valence-corrected chi connectivity index (χ0v) is 16.8. The third kappa shape index (κ3) is 3.46. The van der Waals surface area contributed by atoms with Gasteiger partial charge in [0.1, 0.15) is 11.9 Å². The third-order valence-electron chi connectivity index (χ3n) is 5.26. The van der Waals surface area contributed by atoms with Crippen LogP contribution in [0.2, 0.25) is 0 Å². The van der Waals surface area contributed by atoms with Crippen molar-refractivity contribution in [1.29, 1.82) is 0 Å². The minimum atomic E-state index is -0.0565. The van der Waals surface area contributed by atoms with Gasteiger partial charge in [-0.1, -0.05) is 58.4 Å². The van der Waals surface area contributed by atoms with Gasteiger partial charge in [-0.3, -0.25) is 0 Å². The van der Waals surface area contributed by atoms with Gasteiger partial charge in [-0.25, -0.2) is 4.68 Å². The molecule has 0 saturated heterocycles. The van der Waals surface area contributed by atoms with Crippen molar-refractivity contribution in [2.24, 2.45) is 0 Å². The molecule has 0 bridgehead atoms. The molecule has 152 valence electrons. The highest BCUT2D eigenvalue weighted by Crippen LogP contribution is 2.30. The normalized spacial score (nSPS) is 15.7. The van der Waals surface area contributed by atoms with Crippen molar-refractivity contribution in [2.45, 2.75) is 32.6 Å². The van der Waals surface area contributed by atoms with Gasteiger partial charge in [-0.2, -0.15) is 4.98 Å². The van der Waals surface area contributed by atoms with Crippen LogP contribution >= 0.6 is 0 Å². The zero-order valence-electron chi connectivity index (χ0n) is 16.8. The predicted octanol–water partition coefficient (Wildman–Crippen LogP) is 3.51. The Labute approximate surface area is 173 Å². The van der Waals surface area contributed by atoms with Crippen LogP contribution in [-0.4, -0.2) is 32.2 Å². The van der Waals surface area contributed by atoms with Crippen LogP contribution in [0.5, 0.6) is 5.75 Å². The van der Waals surface area contributed by atoms with Crippen molar-refractivity contribution >= 4 is 0 Å². The molecule has 1 aliphatic heterocycles. The maximum atomic E-state index is 6.08. The first kappa shape index (κ1) is 18.5. The molecule has 1 atom stereocenters. The highest BCUT2D eigenvalue weighted by atomic mass is 16.5. The fourth-order valence-electron chi connectivity index (χ4n) is 3.60. The Kier molecular flexibility index (Phi) is 4.76. The molecule has 2 aromatic heterocycles. The van der Waals surface area contributed by atoms with E-state index < -0.39 is 0 Å². The van der Waals surface area contributed by atoms with Gasteiger partial charge in [0.25, 0.3) is 0 Å². The smallest absolute Gasteiger partial charge is 0.231 e. The molecular weight excluding hydrogens is 382 g/mol. The summed E-state index contributed by atoms with van der Waals surface area (Å²) in [4.78, 5) is 4.51. The second-order valence-electron chi connectivity index (χ2n) is 7.28. The molecule has 0 unspecified atom stereocenters. The molecule has 5 rings (SSSR count). The summed E-state index contributed by atoms with van der Waals surface area (Å²) in [5.41, 5.74) is 4.76. The largest absolute Gasteiger partial charge is 0.496 e. The second kappa shape index (κ2) is 7.72. The van der Waals surface area contributed by atoms with Gasteiger partial charge in [0.15, 0.2) is 5.69 Å². The first-order valence-electron chi connectivity index (χ1n) is 9.76. The fourth-order valence-corrected chi connectivity index (χ4v) is 3.60. The molecule has 0 fully saturated rings. The Bertz CT molecular complexity index is 1170. The molecule has 8 heteroatoms. The van der Waals surface area contributed by atoms with E-state index in [2.05, 4.69) is 51.6 Å². The lowest BCUT2D eigenvalue weighted by atomic mass is 10.1. The molecule has 0 amide bonds. The number of fused-ring (bicyclic) bond motifs is 1. The Morgan fingerprint density at radius 1 is 1.13 bits per heavy atom. The molecule has 4 aromatic rings. The summed E-state index contributed by atoms with van der Waals surface area (Å²) < 4.78 is 18.8. The van der Waals surface area contributed by atoms with E-state index in [9.17, 15) is 0 Å². The third-order valence-corrected chi connectivity index (χ3v) is 5.26. The minimum Gasteiger partial charge on any atom is -0.496 e. The van der Waals surface area contributed by atoms with Crippen molar-refractivity contribution in [3.8, 4) is 17.3 Å². The summed E-state index contributed by atoms with van der Waals surface area (Å²) in [6, 6.07) is 16.1. The molecule has 0 N–H and O–H groups in total. The number of nitrogens with zero attached hydrogens (tertiary/aromatic N) is 5. The topological polar surface area (TPSA) is 88.1 Å². The number of aromatic nitrogens is 5. The van der Waals surface area contributed by atoms with Crippen LogP contribution in [0.3, 0.4) is 0 Å². The maximum Gasteiger partial charge on any atom is 0.231 e. The van der Waals surface area contributed by atoms with Crippen molar-refractivity contribution in [2.75, 3.05) is 7.11 Å². The van der Waals surface area contributed by atoms with E-state index in [-0.39, 0.29) is 6.10 Å². The predicted molar refractivity (Wildman–Crippen MR) is 108 cm³/mol. The average molecular weight is 403 g/mol. The standard InChI is InChI=1S/C22H21N5O3/c1-14-7-9-15(10-8-14)19-12-27-17(13-29-19)21(24-26-27)22-23-20(30-25-22)11-16-5-3-4-6-18(16)28-2/h3-10,19H,11-13H2,1-2H3/t19-/m1/s1. The van der Waals surface area contributed by atoms with Crippen molar-refractivity contribution < 1.29 is 14.0 Å². The Morgan fingerprint density at radius 2 is 1.97 bits per heavy atom. The second-order valence-corrected chi connectivity index (χ2v) is 7.28. The highest BCUT2D eigenvalue weighted by molar-refractivity contribution is 5.51. The van der Waals surface area contributed by atoms with E-state index in [0.717, 1.165) is 22.6 Å². The molecule has 1 aliphatic rings. The molecule has 2 aromatic carbocycles. The van der Waals surface area contributed by atoms with Crippen molar-refractivity contribution in [3.63, 3.8) is 0 Å². The van der Waals surface area contributed by atoms with Gasteiger partial charge < -0.3 is 14.0 Å². The molecule has 0 radical (unpaired) electrons. The van der Waals surface area contributed by atoms with Crippen LogP contribution in [0.15, 0.2) is 53.1 Å². The zero-order chi connectivity index (χ0) is 20.5. The number of methoxy groups -OCH3 is 1. The van der Waals surface area contributed by atoms with Crippen LogP contribution in [0.25, 0.3) is 11.5 Å². The number of rotatable bonds is 5. The lowest BCUT2D eigenvalue weighted by Gasteiger charge is -2.24. The number of hydrogen-bond donors (Lipinski definition) is 0. The Hall–Kier alpha value is -3.52. The van der Waals surface area contributed by atoms with Gasteiger partial charge in [-0.05, 0) is 18.6 Å². The summed E-state index contributed by atoms with van der Waals surface area (Å²) >= 11 is 0. The molecular formula is C22H21N5O3. The van der Waals surface area contributed by atoms with E-state index >= 15 is 0 Å². The van der Waals surface area contributed by atoms with Gasteiger partial charge in [0.2, 0.25) is 11.7 Å². The van der Waals surface area contributed by atoms with Crippen molar-refractivity contribution in [1.82, 2.24) is 25.1 Å². The number of hydrogen-bond acceptors (Lipinski definition) is 7. The van der Waals surface area contributed by atoms with Crippen LogP contribution in [0.1, 0.15) is 34.4 Å². The molecule has 3 heterocycles. The van der Waals surface area contributed by atoms with Crippen LogP contribution in [-0.2, 0) is 24.3 Å². The maximum absolute atomic E-state index is 6.08. The van der Waals surface area contributed by atoms with E-state index in [4.69, 9.17) is 14.0 Å². The first-order valence-corrected chi connectivity index (χ1v) is 9.76. The fraction of sp³-hybridized carbons (Fsp3) is 0.273. The summed E-state index contributed by atoms with van der Waals surface area (Å²) in [6.45, 7) is 3.05. The monoisotopic (exact) mass is 403 g/mol. The quantitative estimate of drug-likeness (QED) is 0.504. The van der Waals surface area contributed by atoms with Crippen molar-refractivity contribution in [3.05, 3.63) is 76.8 Å². The lowest BCUT2D eigenvalue weighted by Crippen LogP contribution is -2.22. The van der Waals surface area contributed by atoms with Gasteiger partial charge >= 0.3 is 0 Å².